The average Bonchev–Trinajstić information content (AvgIpc) is 2.48. The van der Waals surface area contributed by atoms with Crippen molar-refractivity contribution in [3.05, 3.63) is 30.6 Å². The van der Waals surface area contributed by atoms with Gasteiger partial charge in [-0.1, -0.05) is 0 Å². The molecule has 0 N–H and O–H groups in total. The summed E-state index contributed by atoms with van der Waals surface area (Å²) in [7, 11) is 4.03. The van der Waals surface area contributed by atoms with Crippen LogP contribution >= 0.6 is 0 Å². The van der Waals surface area contributed by atoms with Gasteiger partial charge in [-0.2, -0.15) is 0 Å². The minimum absolute atomic E-state index is 0.998. The Hall–Kier alpha value is -1.71. The third-order valence-electron chi connectivity index (χ3n) is 2.33. The molecule has 0 radical (unpaired) electrons. The normalized spacial score (nSPS) is 10.5. The molecule has 0 saturated heterocycles. The van der Waals surface area contributed by atoms with Crippen molar-refractivity contribution in [1.29, 1.82) is 0 Å². The molecule has 0 aromatic carbocycles. The molecule has 2 rings (SSSR count). The summed E-state index contributed by atoms with van der Waals surface area (Å²) in [5.74, 6) is 1.11. The Morgan fingerprint density at radius 2 is 2.21 bits per heavy atom. The molecule has 0 atom stereocenters. The van der Waals surface area contributed by atoms with Gasteiger partial charge in [0.1, 0.15) is 24.3 Å². The number of hydrogen-bond acceptors (Lipinski definition) is 2. The highest BCUT2D eigenvalue weighted by atomic mass is 15.1. The van der Waals surface area contributed by atoms with E-state index in [4.69, 9.17) is 0 Å². The van der Waals surface area contributed by atoms with Gasteiger partial charge in [0, 0.05) is 6.20 Å². The van der Waals surface area contributed by atoms with Crippen LogP contribution in [0.2, 0.25) is 0 Å². The van der Waals surface area contributed by atoms with Gasteiger partial charge in [0.15, 0.2) is 0 Å². The molecule has 0 aliphatic heterocycles. The summed E-state index contributed by atoms with van der Waals surface area (Å²) in [5, 5.41) is 0. The second-order valence-electron chi connectivity index (χ2n) is 3.37. The predicted octanol–water partition coefficient (Wildman–Crippen LogP) is 0.615. The zero-order chi connectivity index (χ0) is 10.1. The van der Waals surface area contributed by atoms with Crippen molar-refractivity contribution in [2.45, 2.75) is 6.92 Å². The van der Waals surface area contributed by atoms with E-state index in [1.165, 1.54) is 0 Å². The van der Waals surface area contributed by atoms with Crippen LogP contribution in [0.25, 0.3) is 11.4 Å². The topological polar surface area (TPSA) is 34.6 Å². The van der Waals surface area contributed by atoms with Gasteiger partial charge in [0.25, 0.3) is 5.82 Å². The van der Waals surface area contributed by atoms with Crippen LogP contribution < -0.4 is 4.57 Å². The van der Waals surface area contributed by atoms with E-state index in [9.17, 15) is 0 Å². The SMILES string of the molecule is Cc1ncncc1-c1n(C)cc[n+]1C. The van der Waals surface area contributed by atoms with Crippen LogP contribution in [-0.4, -0.2) is 14.5 Å². The molecule has 0 unspecified atom stereocenters. The van der Waals surface area contributed by atoms with Gasteiger partial charge in [0.05, 0.1) is 19.8 Å². The van der Waals surface area contributed by atoms with Crippen LogP contribution in [0.4, 0.5) is 0 Å². The Bertz CT molecular complexity index is 439. The molecule has 72 valence electrons. The second kappa shape index (κ2) is 3.21. The first kappa shape index (κ1) is 8.87. The van der Waals surface area contributed by atoms with E-state index in [1.54, 1.807) is 6.33 Å². The molecular formula is C10H13N4+. The molecule has 4 nitrogen and oxygen atoms in total. The van der Waals surface area contributed by atoms with Crippen molar-refractivity contribution in [2.75, 3.05) is 0 Å². The first-order valence-electron chi connectivity index (χ1n) is 4.48. The molecule has 2 heterocycles. The maximum absolute atomic E-state index is 4.18. The molecule has 0 amide bonds. The van der Waals surface area contributed by atoms with Crippen molar-refractivity contribution in [2.24, 2.45) is 14.1 Å². The lowest BCUT2D eigenvalue weighted by atomic mass is 10.2. The van der Waals surface area contributed by atoms with E-state index in [0.29, 0.717) is 0 Å². The second-order valence-corrected chi connectivity index (χ2v) is 3.37. The number of aryl methyl sites for hydroxylation is 3. The molecule has 2 aromatic heterocycles. The molecule has 0 bridgehead atoms. The number of rotatable bonds is 1. The highest BCUT2D eigenvalue weighted by Gasteiger charge is 2.16. The molecule has 0 spiro atoms. The third-order valence-corrected chi connectivity index (χ3v) is 2.33. The first-order chi connectivity index (χ1) is 6.70. The van der Waals surface area contributed by atoms with Gasteiger partial charge in [-0.05, 0) is 6.92 Å². The van der Waals surface area contributed by atoms with E-state index >= 15 is 0 Å². The summed E-state index contributed by atoms with van der Waals surface area (Å²) in [5.41, 5.74) is 2.07. The van der Waals surface area contributed by atoms with Crippen LogP contribution in [0.1, 0.15) is 5.69 Å². The van der Waals surface area contributed by atoms with Crippen LogP contribution in [0, 0.1) is 6.92 Å². The standard InChI is InChI=1S/C10H13N4/c1-8-9(6-11-7-12-8)10-13(2)4-5-14(10)3/h4-7H,1-3H3/q+1. The summed E-state index contributed by atoms with van der Waals surface area (Å²) in [6.45, 7) is 1.99. The Balaban J connectivity index is 2.66. The largest absolute Gasteiger partial charge is 0.291 e. The molecule has 0 aliphatic rings. The highest BCUT2D eigenvalue weighted by molar-refractivity contribution is 5.53. The average molecular weight is 189 g/mol. The highest BCUT2D eigenvalue weighted by Crippen LogP contribution is 2.15. The van der Waals surface area contributed by atoms with E-state index in [-0.39, 0.29) is 0 Å². The summed E-state index contributed by atoms with van der Waals surface area (Å²) in [6.07, 6.45) is 7.45. The number of nitrogens with zero attached hydrogens (tertiary/aromatic N) is 4. The van der Waals surface area contributed by atoms with Crippen LogP contribution in [-0.2, 0) is 14.1 Å². The predicted molar refractivity (Wildman–Crippen MR) is 52.4 cm³/mol. The summed E-state index contributed by atoms with van der Waals surface area (Å²) < 4.78 is 4.12. The van der Waals surface area contributed by atoms with Gasteiger partial charge in [-0.3, -0.25) is 0 Å². The fourth-order valence-corrected chi connectivity index (χ4v) is 1.58. The maximum Gasteiger partial charge on any atom is 0.291 e. The summed E-state index contributed by atoms with van der Waals surface area (Å²) >= 11 is 0. The van der Waals surface area contributed by atoms with Gasteiger partial charge in [-0.25, -0.2) is 19.1 Å². The number of hydrogen-bond donors (Lipinski definition) is 0. The lowest BCUT2D eigenvalue weighted by molar-refractivity contribution is -0.659. The van der Waals surface area contributed by atoms with Gasteiger partial charge >= 0.3 is 0 Å². The molecule has 14 heavy (non-hydrogen) atoms. The molecule has 0 fully saturated rings. The van der Waals surface area contributed by atoms with Gasteiger partial charge < -0.3 is 0 Å². The van der Waals surface area contributed by atoms with Crippen LogP contribution in [0.5, 0.6) is 0 Å². The lowest BCUT2D eigenvalue weighted by Crippen LogP contribution is -2.29. The monoisotopic (exact) mass is 189 g/mol. The van der Waals surface area contributed by atoms with Crippen LogP contribution in [0.3, 0.4) is 0 Å². The summed E-state index contributed by atoms with van der Waals surface area (Å²) in [6, 6.07) is 0. The quantitative estimate of drug-likeness (QED) is 0.616. The molecular weight excluding hydrogens is 176 g/mol. The van der Waals surface area contributed by atoms with Crippen LogP contribution in [0.15, 0.2) is 24.9 Å². The minimum Gasteiger partial charge on any atom is -0.244 e. The summed E-state index contributed by atoms with van der Waals surface area (Å²) in [4.78, 5) is 8.23. The Kier molecular flexibility index (Phi) is 2.04. The van der Waals surface area contributed by atoms with Crippen molar-refractivity contribution >= 4 is 0 Å². The smallest absolute Gasteiger partial charge is 0.244 e. The van der Waals surface area contributed by atoms with E-state index in [1.807, 2.05) is 39.6 Å². The molecule has 0 saturated carbocycles. The molecule has 4 heteroatoms. The Morgan fingerprint density at radius 1 is 1.43 bits per heavy atom. The van der Waals surface area contributed by atoms with Gasteiger partial charge in [-0.15, -0.1) is 0 Å². The first-order valence-corrected chi connectivity index (χ1v) is 4.48. The zero-order valence-corrected chi connectivity index (χ0v) is 8.60. The third kappa shape index (κ3) is 1.28. The van der Waals surface area contributed by atoms with Crippen molar-refractivity contribution < 1.29 is 4.57 Å². The molecule has 0 aliphatic carbocycles. The van der Waals surface area contributed by atoms with E-state index in [2.05, 4.69) is 19.1 Å². The Labute approximate surface area is 82.9 Å². The maximum atomic E-state index is 4.18. The molecule has 2 aromatic rings. The lowest BCUT2D eigenvalue weighted by Gasteiger charge is -2.00. The van der Waals surface area contributed by atoms with E-state index < -0.39 is 0 Å². The minimum atomic E-state index is 0.998. The fraction of sp³-hybridized carbons (Fsp3) is 0.300. The van der Waals surface area contributed by atoms with Crippen molar-refractivity contribution in [3.63, 3.8) is 0 Å². The zero-order valence-electron chi connectivity index (χ0n) is 8.60. The number of aromatic nitrogens is 4. The van der Waals surface area contributed by atoms with Crippen molar-refractivity contribution in [1.82, 2.24) is 14.5 Å². The van der Waals surface area contributed by atoms with E-state index in [0.717, 1.165) is 17.1 Å². The number of imidazole rings is 1. The van der Waals surface area contributed by atoms with Gasteiger partial charge in [0.2, 0.25) is 0 Å². The Morgan fingerprint density at radius 3 is 2.79 bits per heavy atom. The fourth-order valence-electron chi connectivity index (χ4n) is 1.58. The van der Waals surface area contributed by atoms with Crippen molar-refractivity contribution in [3.8, 4) is 11.4 Å².